The fourth-order valence-electron chi connectivity index (χ4n) is 9.16. The van der Waals surface area contributed by atoms with Crippen molar-refractivity contribution in [3.8, 4) is 34.6 Å². The van der Waals surface area contributed by atoms with Gasteiger partial charge in [0.15, 0.2) is 17.4 Å². The van der Waals surface area contributed by atoms with Crippen molar-refractivity contribution in [2.75, 3.05) is 34.0 Å². The molecule has 17 heteroatoms. The van der Waals surface area contributed by atoms with E-state index in [-0.39, 0.29) is 38.3 Å². The highest BCUT2D eigenvalue weighted by Gasteiger charge is 2.52. The van der Waals surface area contributed by atoms with Gasteiger partial charge in [0.05, 0.1) is 59.5 Å². The van der Waals surface area contributed by atoms with E-state index in [1.165, 1.54) is 6.33 Å². The summed E-state index contributed by atoms with van der Waals surface area (Å²) >= 11 is 0. The molecule has 7 aromatic rings. The third-order valence-corrected chi connectivity index (χ3v) is 16.7. The van der Waals surface area contributed by atoms with Crippen molar-refractivity contribution >= 4 is 27.8 Å². The number of benzene rings is 4. The normalized spacial score (nSPS) is 17.5. The summed E-state index contributed by atoms with van der Waals surface area (Å²) in [6.07, 6.45) is 3.70. The van der Waals surface area contributed by atoms with Gasteiger partial charge in [-0.15, -0.1) is 0 Å². The van der Waals surface area contributed by atoms with Crippen LogP contribution in [0.15, 0.2) is 140 Å². The summed E-state index contributed by atoms with van der Waals surface area (Å²) in [5, 5.41) is 9.70. The number of imidazole rings is 1. The Kier molecular flexibility index (Phi) is 18.2. The Bertz CT molecular complexity index is 2830. The van der Waals surface area contributed by atoms with Gasteiger partial charge in [0.25, 0.3) is 8.53 Å². The van der Waals surface area contributed by atoms with Gasteiger partial charge in [-0.25, -0.2) is 14.6 Å². The van der Waals surface area contributed by atoms with Gasteiger partial charge in [-0.05, 0) is 104 Å². The minimum atomic E-state index is -1.82. The molecule has 3 aromatic heterocycles. The van der Waals surface area contributed by atoms with E-state index in [0.29, 0.717) is 35.1 Å². The molecule has 0 spiro atoms. The molecule has 1 saturated heterocycles. The summed E-state index contributed by atoms with van der Waals surface area (Å²) in [6.45, 7) is 16.3. The molecule has 5 atom stereocenters. The van der Waals surface area contributed by atoms with Crippen LogP contribution in [-0.2, 0) is 35.5 Å². The van der Waals surface area contributed by atoms with Crippen LogP contribution in [0.3, 0.4) is 0 Å². The second kappa shape index (κ2) is 24.9. The molecule has 0 amide bonds. The standard InChI is InChI=1S/C57H68N7O8PSi/c1-40(2)64(41(3)4)73(70-33-13-30-58)72-52-50(37-69-57(45-14-11-10-12-15-45,46-20-24-48(65-5)25-21-46)47-22-26-49(66-6)27-23-47)71-56(53(52)68-36-42-16-18-43(19-17-42)44-28-31-59-32-29-44)63-39-62-51-54(63)60-38-61-55(51)67-34-35-74(7,8)9/h10-12,14-29,31-32,38-41,50,52-53,56H,13,33-37H2,1-9H3/t50-,52-,53-,56-,73?/m1/s1. The van der Waals surface area contributed by atoms with Crippen LogP contribution in [0.25, 0.3) is 22.3 Å². The molecule has 0 radical (unpaired) electrons. The van der Waals surface area contributed by atoms with Crippen LogP contribution >= 0.6 is 8.53 Å². The van der Waals surface area contributed by atoms with Gasteiger partial charge in [-0.2, -0.15) is 10.2 Å². The average molecular weight is 1040 g/mol. The van der Waals surface area contributed by atoms with Crippen LogP contribution in [0, 0.1) is 11.3 Å². The summed E-state index contributed by atoms with van der Waals surface area (Å²) in [7, 11) is 0.0657. The number of nitriles is 1. The number of fused-ring (bicyclic) bond motifs is 1. The van der Waals surface area contributed by atoms with Gasteiger partial charge in [0.1, 0.15) is 41.7 Å². The predicted molar refractivity (Wildman–Crippen MR) is 289 cm³/mol. The molecule has 0 bridgehead atoms. The molecule has 1 unspecified atom stereocenters. The van der Waals surface area contributed by atoms with Crippen LogP contribution in [0.1, 0.15) is 62.6 Å². The van der Waals surface area contributed by atoms with E-state index < -0.39 is 46.7 Å². The van der Waals surface area contributed by atoms with Crippen molar-refractivity contribution in [3.63, 3.8) is 0 Å². The summed E-state index contributed by atoms with van der Waals surface area (Å²) in [4.78, 5) is 18.4. The molecule has 388 valence electrons. The van der Waals surface area contributed by atoms with Crippen LogP contribution < -0.4 is 14.2 Å². The van der Waals surface area contributed by atoms with Crippen LogP contribution in [-0.4, -0.2) is 102 Å². The van der Waals surface area contributed by atoms with Crippen molar-refractivity contribution in [3.05, 3.63) is 163 Å². The molecule has 1 aliphatic rings. The number of nitrogens with zero attached hydrogens (tertiary/aromatic N) is 7. The first-order valence-corrected chi connectivity index (χ1v) is 30.0. The van der Waals surface area contributed by atoms with Crippen molar-refractivity contribution in [1.29, 1.82) is 5.26 Å². The Labute approximate surface area is 437 Å². The smallest absolute Gasteiger partial charge is 0.259 e. The van der Waals surface area contributed by atoms with E-state index in [0.717, 1.165) is 39.4 Å². The van der Waals surface area contributed by atoms with E-state index in [2.05, 4.69) is 104 Å². The zero-order valence-electron chi connectivity index (χ0n) is 43.8. The molecule has 4 heterocycles. The second-order valence-corrected chi connectivity index (χ2v) is 26.9. The highest BCUT2D eigenvalue weighted by molar-refractivity contribution is 7.44. The number of hydrogen-bond donors (Lipinski definition) is 0. The molecule has 4 aromatic carbocycles. The van der Waals surface area contributed by atoms with E-state index >= 15 is 0 Å². The fourth-order valence-corrected chi connectivity index (χ4v) is 11.6. The van der Waals surface area contributed by atoms with E-state index in [1.54, 1.807) is 32.9 Å². The second-order valence-electron chi connectivity index (χ2n) is 19.9. The molecule has 8 rings (SSSR count). The first-order chi connectivity index (χ1) is 35.8. The van der Waals surface area contributed by atoms with Gasteiger partial charge in [-0.3, -0.25) is 9.55 Å². The van der Waals surface area contributed by atoms with Crippen LogP contribution in [0.5, 0.6) is 17.4 Å². The lowest BCUT2D eigenvalue weighted by molar-refractivity contribution is -0.0963. The highest BCUT2D eigenvalue weighted by Crippen LogP contribution is 2.52. The first kappa shape index (κ1) is 54.1. The maximum absolute atomic E-state index is 9.70. The molecule has 0 aliphatic carbocycles. The Morgan fingerprint density at radius 2 is 1.38 bits per heavy atom. The van der Waals surface area contributed by atoms with E-state index in [9.17, 15) is 5.26 Å². The molecule has 0 saturated carbocycles. The van der Waals surface area contributed by atoms with Crippen molar-refractivity contribution < 1.29 is 37.5 Å². The number of methoxy groups -OCH3 is 2. The minimum absolute atomic E-state index is 0.00595. The first-order valence-electron chi connectivity index (χ1n) is 25.1. The highest BCUT2D eigenvalue weighted by atomic mass is 31.2. The summed E-state index contributed by atoms with van der Waals surface area (Å²) in [5.41, 5.74) is 5.49. The lowest BCUT2D eigenvalue weighted by atomic mass is 9.80. The SMILES string of the molecule is COc1ccc(C(OC[C@H]2O[C@@H](n3cnc4c(OCC[Si](C)(C)C)ncnc43)[C@H](OCc3ccc(-c4ccncc4)cc3)[C@@H]2OP(OCCC#N)N(C(C)C)C(C)C)(c2ccccc2)c2ccc(OC)cc2)cc1. The molecule has 1 aliphatic heterocycles. The van der Waals surface area contributed by atoms with Gasteiger partial charge in [0, 0.05) is 32.6 Å². The maximum Gasteiger partial charge on any atom is 0.259 e. The molecular formula is C57H68N7O8PSi. The minimum Gasteiger partial charge on any atom is -0.497 e. The number of rotatable bonds is 25. The number of aromatic nitrogens is 5. The summed E-state index contributed by atoms with van der Waals surface area (Å²) in [6, 6.07) is 41.5. The topological polar surface area (TPSA) is 157 Å². The van der Waals surface area contributed by atoms with Crippen molar-refractivity contribution in [2.24, 2.45) is 0 Å². The van der Waals surface area contributed by atoms with Crippen LogP contribution in [0.2, 0.25) is 25.7 Å². The van der Waals surface area contributed by atoms with Crippen molar-refractivity contribution in [1.82, 2.24) is 29.2 Å². The number of hydrogen-bond acceptors (Lipinski definition) is 14. The number of pyridine rings is 1. The van der Waals surface area contributed by atoms with Gasteiger partial charge in [0.2, 0.25) is 5.88 Å². The average Bonchev–Trinajstić information content (AvgIpc) is 4.00. The lowest BCUT2D eigenvalue weighted by Crippen LogP contribution is -2.43. The Hall–Kier alpha value is -6.12. The largest absolute Gasteiger partial charge is 0.497 e. The monoisotopic (exact) mass is 1040 g/mol. The molecule has 15 nitrogen and oxygen atoms in total. The van der Waals surface area contributed by atoms with Gasteiger partial charge in [-0.1, -0.05) is 98.5 Å². The zero-order chi connectivity index (χ0) is 52.2. The Balaban J connectivity index is 1.26. The van der Waals surface area contributed by atoms with Crippen LogP contribution in [0.4, 0.5) is 0 Å². The third kappa shape index (κ3) is 12.7. The molecule has 1 fully saturated rings. The fraction of sp³-hybridized carbons (Fsp3) is 0.386. The molecule has 0 N–H and O–H groups in total. The maximum atomic E-state index is 9.70. The summed E-state index contributed by atoms with van der Waals surface area (Å²) in [5.74, 6) is 1.81. The van der Waals surface area contributed by atoms with E-state index in [4.69, 9.17) is 47.4 Å². The van der Waals surface area contributed by atoms with E-state index in [1.807, 2.05) is 83.4 Å². The molecule has 74 heavy (non-hydrogen) atoms. The van der Waals surface area contributed by atoms with Crippen molar-refractivity contribution in [2.45, 2.75) is 109 Å². The predicted octanol–water partition coefficient (Wildman–Crippen LogP) is 11.8. The quantitative estimate of drug-likeness (QED) is 0.0230. The lowest BCUT2D eigenvalue weighted by Gasteiger charge is -2.39. The Morgan fingerprint density at radius 1 is 0.757 bits per heavy atom. The third-order valence-electron chi connectivity index (χ3n) is 12.9. The van der Waals surface area contributed by atoms with Gasteiger partial charge >= 0.3 is 0 Å². The number of ether oxygens (including phenoxy) is 6. The Morgan fingerprint density at radius 3 is 1.97 bits per heavy atom. The zero-order valence-corrected chi connectivity index (χ0v) is 45.7. The molecular weight excluding hydrogens is 970 g/mol. The summed E-state index contributed by atoms with van der Waals surface area (Å²) < 4.78 is 57.9. The van der Waals surface area contributed by atoms with Gasteiger partial charge < -0.3 is 37.5 Å².